The van der Waals surface area contributed by atoms with E-state index in [9.17, 15) is 5.11 Å². The molecule has 0 spiro atoms. The van der Waals surface area contributed by atoms with Crippen LogP contribution < -0.4 is 10.1 Å². The first kappa shape index (κ1) is 17.8. The highest BCUT2D eigenvalue weighted by Gasteiger charge is 2.19. The predicted octanol–water partition coefficient (Wildman–Crippen LogP) is 3.55. The highest BCUT2D eigenvalue weighted by Crippen LogP contribution is 2.29. The van der Waals surface area contributed by atoms with Crippen LogP contribution in [0.5, 0.6) is 11.5 Å². The summed E-state index contributed by atoms with van der Waals surface area (Å²) >= 11 is 0. The van der Waals surface area contributed by atoms with Crippen LogP contribution in [0.25, 0.3) is 0 Å². The van der Waals surface area contributed by atoms with Gasteiger partial charge in [-0.2, -0.15) is 0 Å². The molecule has 134 valence electrons. The first-order chi connectivity index (χ1) is 12.3. The molecule has 1 aliphatic rings. The van der Waals surface area contributed by atoms with Gasteiger partial charge in [0.1, 0.15) is 0 Å². The molecule has 0 bridgehead atoms. The van der Waals surface area contributed by atoms with Crippen LogP contribution in [0.2, 0.25) is 0 Å². The number of rotatable bonds is 7. The lowest BCUT2D eigenvalue weighted by atomic mass is 10.0. The molecule has 4 heteroatoms. The van der Waals surface area contributed by atoms with E-state index in [0.717, 1.165) is 38.0 Å². The van der Waals surface area contributed by atoms with Gasteiger partial charge in [-0.05, 0) is 44.5 Å². The Morgan fingerprint density at radius 3 is 2.56 bits per heavy atom. The van der Waals surface area contributed by atoms with Crippen LogP contribution in [0.4, 0.5) is 0 Å². The number of ether oxygens (including phenoxy) is 1. The topological polar surface area (TPSA) is 44.7 Å². The van der Waals surface area contributed by atoms with E-state index in [4.69, 9.17) is 4.74 Å². The highest BCUT2D eigenvalue weighted by atomic mass is 16.5. The lowest BCUT2D eigenvalue weighted by molar-refractivity contribution is 0.190. The van der Waals surface area contributed by atoms with Crippen LogP contribution in [-0.2, 0) is 13.1 Å². The maximum Gasteiger partial charge on any atom is 0.162 e. The monoisotopic (exact) mass is 340 g/mol. The van der Waals surface area contributed by atoms with E-state index in [2.05, 4.69) is 40.5 Å². The van der Waals surface area contributed by atoms with Crippen LogP contribution in [0.15, 0.2) is 48.5 Å². The van der Waals surface area contributed by atoms with Gasteiger partial charge in [0.05, 0.1) is 6.61 Å². The van der Waals surface area contributed by atoms with Gasteiger partial charge < -0.3 is 15.2 Å². The maximum absolute atomic E-state index is 10.3. The number of hydrogen-bond donors (Lipinski definition) is 2. The van der Waals surface area contributed by atoms with E-state index in [1.54, 1.807) is 0 Å². The van der Waals surface area contributed by atoms with Gasteiger partial charge in [0.2, 0.25) is 0 Å². The van der Waals surface area contributed by atoms with Crippen molar-refractivity contribution in [1.82, 2.24) is 10.2 Å². The molecular formula is C21H28N2O2. The number of phenols is 1. The zero-order valence-electron chi connectivity index (χ0n) is 14.9. The molecule has 2 N–H and O–H groups in total. The first-order valence-electron chi connectivity index (χ1n) is 9.19. The SMILES string of the molecule is CCOc1cccc(CNC2CCN(Cc3ccccc3)CC2)c1O. The number of aromatic hydroxyl groups is 1. The van der Waals surface area contributed by atoms with Crippen molar-refractivity contribution in [2.75, 3.05) is 19.7 Å². The lowest BCUT2D eigenvalue weighted by Gasteiger charge is -2.32. The van der Waals surface area contributed by atoms with Crippen molar-refractivity contribution >= 4 is 0 Å². The van der Waals surface area contributed by atoms with Crippen molar-refractivity contribution in [2.24, 2.45) is 0 Å². The number of nitrogens with one attached hydrogen (secondary N) is 1. The fourth-order valence-corrected chi connectivity index (χ4v) is 3.37. The molecule has 0 aliphatic carbocycles. The van der Waals surface area contributed by atoms with Gasteiger partial charge in [0.25, 0.3) is 0 Å². The maximum atomic E-state index is 10.3. The van der Waals surface area contributed by atoms with E-state index >= 15 is 0 Å². The van der Waals surface area contributed by atoms with Crippen LogP contribution in [0.1, 0.15) is 30.9 Å². The fourth-order valence-electron chi connectivity index (χ4n) is 3.37. The first-order valence-corrected chi connectivity index (χ1v) is 9.19. The number of likely N-dealkylation sites (tertiary alicyclic amines) is 1. The Morgan fingerprint density at radius 1 is 1.08 bits per heavy atom. The molecular weight excluding hydrogens is 312 g/mol. The minimum Gasteiger partial charge on any atom is -0.504 e. The summed E-state index contributed by atoms with van der Waals surface area (Å²) in [5.41, 5.74) is 2.28. The third kappa shape index (κ3) is 4.97. The van der Waals surface area contributed by atoms with E-state index in [1.807, 2.05) is 25.1 Å². The summed E-state index contributed by atoms with van der Waals surface area (Å²) in [4.78, 5) is 2.51. The van der Waals surface area contributed by atoms with Gasteiger partial charge in [-0.15, -0.1) is 0 Å². The van der Waals surface area contributed by atoms with Gasteiger partial charge in [-0.1, -0.05) is 42.5 Å². The Hall–Kier alpha value is -2.04. The fraction of sp³-hybridized carbons (Fsp3) is 0.429. The zero-order chi connectivity index (χ0) is 17.5. The molecule has 25 heavy (non-hydrogen) atoms. The number of piperidine rings is 1. The molecule has 0 radical (unpaired) electrons. The molecule has 0 atom stereocenters. The van der Waals surface area contributed by atoms with Crippen molar-refractivity contribution in [2.45, 2.75) is 38.9 Å². The molecule has 2 aromatic rings. The largest absolute Gasteiger partial charge is 0.504 e. The molecule has 1 aliphatic heterocycles. The van der Waals surface area contributed by atoms with Crippen LogP contribution in [0.3, 0.4) is 0 Å². The second kappa shape index (κ2) is 8.88. The number of nitrogens with zero attached hydrogens (tertiary/aromatic N) is 1. The van der Waals surface area contributed by atoms with Gasteiger partial charge in [0, 0.05) is 24.7 Å². The van der Waals surface area contributed by atoms with Gasteiger partial charge >= 0.3 is 0 Å². The highest BCUT2D eigenvalue weighted by molar-refractivity contribution is 5.45. The van der Waals surface area contributed by atoms with Crippen LogP contribution in [-0.4, -0.2) is 35.7 Å². The summed E-state index contributed by atoms with van der Waals surface area (Å²) in [5.74, 6) is 0.831. The number of benzene rings is 2. The molecule has 0 aromatic heterocycles. The predicted molar refractivity (Wildman–Crippen MR) is 101 cm³/mol. The molecule has 2 aromatic carbocycles. The van der Waals surface area contributed by atoms with Crippen LogP contribution in [0, 0.1) is 0 Å². The number of hydrogen-bond acceptors (Lipinski definition) is 4. The van der Waals surface area contributed by atoms with Gasteiger partial charge in [-0.3, -0.25) is 4.90 Å². The average Bonchev–Trinajstić information content (AvgIpc) is 2.65. The minimum absolute atomic E-state index is 0.262. The average molecular weight is 340 g/mol. The van der Waals surface area contributed by atoms with Crippen molar-refractivity contribution in [3.8, 4) is 11.5 Å². The quantitative estimate of drug-likeness (QED) is 0.809. The number of para-hydroxylation sites is 1. The minimum atomic E-state index is 0.262. The molecule has 1 heterocycles. The number of phenolic OH excluding ortho intramolecular Hbond substituents is 1. The van der Waals surface area contributed by atoms with E-state index in [0.29, 0.717) is 24.9 Å². The molecule has 0 saturated carbocycles. The van der Waals surface area contributed by atoms with Crippen molar-refractivity contribution in [3.05, 3.63) is 59.7 Å². The van der Waals surface area contributed by atoms with E-state index in [-0.39, 0.29) is 5.75 Å². The Morgan fingerprint density at radius 2 is 1.84 bits per heavy atom. The smallest absolute Gasteiger partial charge is 0.162 e. The Kier molecular flexibility index (Phi) is 6.31. The third-order valence-electron chi connectivity index (χ3n) is 4.80. The summed E-state index contributed by atoms with van der Waals surface area (Å²) < 4.78 is 5.46. The van der Waals surface area contributed by atoms with Crippen molar-refractivity contribution < 1.29 is 9.84 Å². The second-order valence-electron chi connectivity index (χ2n) is 6.61. The molecule has 4 nitrogen and oxygen atoms in total. The molecule has 1 saturated heterocycles. The van der Waals surface area contributed by atoms with E-state index in [1.165, 1.54) is 5.56 Å². The van der Waals surface area contributed by atoms with Crippen molar-refractivity contribution in [3.63, 3.8) is 0 Å². The Labute approximate surface area is 150 Å². The van der Waals surface area contributed by atoms with E-state index < -0.39 is 0 Å². The van der Waals surface area contributed by atoms with Gasteiger partial charge in [0.15, 0.2) is 11.5 Å². The summed E-state index contributed by atoms with van der Waals surface area (Å²) in [6.45, 7) is 6.41. The molecule has 1 fully saturated rings. The summed E-state index contributed by atoms with van der Waals surface area (Å²) in [6.07, 6.45) is 2.28. The second-order valence-corrected chi connectivity index (χ2v) is 6.61. The third-order valence-corrected chi connectivity index (χ3v) is 4.80. The van der Waals surface area contributed by atoms with Gasteiger partial charge in [-0.25, -0.2) is 0 Å². The van der Waals surface area contributed by atoms with Crippen LogP contribution >= 0.6 is 0 Å². The Bertz CT molecular complexity index is 652. The molecule has 3 rings (SSSR count). The lowest BCUT2D eigenvalue weighted by Crippen LogP contribution is -2.41. The summed E-state index contributed by atoms with van der Waals surface area (Å²) in [6, 6.07) is 16.9. The molecule has 0 amide bonds. The molecule has 0 unspecified atom stereocenters. The standard InChI is InChI=1S/C21H28N2O2/c1-2-25-20-10-6-9-18(21(20)24)15-22-19-11-13-23(14-12-19)16-17-7-4-3-5-8-17/h3-10,19,22,24H,2,11-16H2,1H3. The summed E-state index contributed by atoms with van der Waals surface area (Å²) in [5, 5.41) is 13.9. The van der Waals surface area contributed by atoms with Crippen molar-refractivity contribution in [1.29, 1.82) is 0 Å². The zero-order valence-corrected chi connectivity index (χ0v) is 14.9. The summed E-state index contributed by atoms with van der Waals surface area (Å²) in [7, 11) is 0. The Balaban J connectivity index is 1.46. The normalized spacial score (nSPS) is 16.0.